The number of fused-ring (bicyclic) bond motifs is 1. The summed E-state index contributed by atoms with van der Waals surface area (Å²) in [5.74, 6) is 1.27. The van der Waals surface area contributed by atoms with Gasteiger partial charge in [-0.05, 0) is 38.2 Å². The van der Waals surface area contributed by atoms with Crippen molar-refractivity contribution in [1.29, 1.82) is 0 Å². The van der Waals surface area contributed by atoms with Gasteiger partial charge in [-0.2, -0.15) is 10.2 Å². The number of aryl methyl sites for hydroxylation is 3. The highest BCUT2D eigenvalue weighted by atomic mass is 35.5. The predicted molar refractivity (Wildman–Crippen MR) is 124 cm³/mol. The van der Waals surface area contributed by atoms with E-state index in [0.717, 1.165) is 49.7 Å². The number of hydrogen-bond acceptors (Lipinski definition) is 8. The number of aromatic nitrogens is 6. The molecule has 0 aliphatic heterocycles. The Balaban J connectivity index is 0.00000306. The lowest BCUT2D eigenvalue weighted by molar-refractivity contribution is 0.289. The van der Waals surface area contributed by atoms with E-state index in [0.29, 0.717) is 30.3 Å². The summed E-state index contributed by atoms with van der Waals surface area (Å²) in [6, 6.07) is 5.09. The van der Waals surface area contributed by atoms with Gasteiger partial charge in [0.15, 0.2) is 0 Å². The summed E-state index contributed by atoms with van der Waals surface area (Å²) in [7, 11) is 0. The summed E-state index contributed by atoms with van der Waals surface area (Å²) >= 11 is 0. The van der Waals surface area contributed by atoms with Crippen LogP contribution in [0, 0.1) is 6.92 Å². The number of unbranched alkanes of at least 4 members (excludes halogenated alkanes) is 2. The summed E-state index contributed by atoms with van der Waals surface area (Å²) < 4.78 is 21.0. The Hall–Kier alpha value is -3.40. The maximum absolute atomic E-state index is 11.9. The van der Waals surface area contributed by atoms with Crippen molar-refractivity contribution < 1.29 is 13.9 Å². The van der Waals surface area contributed by atoms with Crippen molar-refractivity contribution in [3.8, 4) is 11.5 Å². The molecular weight excluding hydrogens is 448 g/mol. The number of nitrogens with zero attached hydrogens (tertiary/aromatic N) is 6. The van der Waals surface area contributed by atoms with E-state index in [9.17, 15) is 4.79 Å². The average Bonchev–Trinajstić information content (AvgIpc) is 3.47. The Morgan fingerprint density at radius 3 is 2.12 bits per heavy atom. The quantitative estimate of drug-likeness (QED) is 0.227. The molecule has 3 heterocycles. The molecule has 33 heavy (non-hydrogen) atoms. The molecule has 176 valence electrons. The first kappa shape index (κ1) is 24.2. The number of rotatable bonds is 12. The summed E-state index contributed by atoms with van der Waals surface area (Å²) in [5, 5.41) is 8.98. The third-order valence-electron chi connectivity index (χ3n) is 5.00. The molecule has 0 fully saturated rings. The minimum absolute atomic E-state index is 0. The van der Waals surface area contributed by atoms with Crippen LogP contribution in [0.5, 0.6) is 11.5 Å². The van der Waals surface area contributed by atoms with Crippen molar-refractivity contribution in [3.63, 3.8) is 0 Å². The van der Waals surface area contributed by atoms with Crippen LogP contribution < -0.4 is 15.1 Å². The molecule has 0 saturated heterocycles. The summed E-state index contributed by atoms with van der Waals surface area (Å²) in [6.07, 6.45) is 9.99. The monoisotopic (exact) mass is 474 g/mol. The van der Waals surface area contributed by atoms with Crippen molar-refractivity contribution in [2.24, 2.45) is 0 Å². The largest absolute Gasteiger partial charge is 0.493 e. The molecule has 0 N–H and O–H groups in total. The van der Waals surface area contributed by atoms with Crippen LogP contribution in [0.25, 0.3) is 11.0 Å². The molecule has 0 unspecified atom stereocenters. The van der Waals surface area contributed by atoms with Gasteiger partial charge in [0, 0.05) is 31.3 Å². The lowest BCUT2D eigenvalue weighted by Gasteiger charge is -2.13. The van der Waals surface area contributed by atoms with E-state index in [1.54, 1.807) is 28.1 Å². The van der Waals surface area contributed by atoms with E-state index in [1.807, 2.05) is 13.0 Å². The van der Waals surface area contributed by atoms with Crippen molar-refractivity contribution in [2.45, 2.75) is 45.7 Å². The lowest BCUT2D eigenvalue weighted by Crippen LogP contribution is -2.06. The Morgan fingerprint density at radius 1 is 0.879 bits per heavy atom. The minimum Gasteiger partial charge on any atom is -0.493 e. The van der Waals surface area contributed by atoms with E-state index in [4.69, 9.17) is 13.9 Å². The normalized spacial score (nSPS) is 10.8. The van der Waals surface area contributed by atoms with Gasteiger partial charge in [-0.1, -0.05) is 0 Å². The Bertz CT molecular complexity index is 1180. The van der Waals surface area contributed by atoms with E-state index < -0.39 is 5.63 Å². The van der Waals surface area contributed by atoms with Gasteiger partial charge in [-0.25, -0.2) is 14.8 Å². The first-order valence-corrected chi connectivity index (χ1v) is 10.7. The summed E-state index contributed by atoms with van der Waals surface area (Å²) in [6.45, 7) is 4.52. The zero-order valence-electron chi connectivity index (χ0n) is 18.4. The molecule has 4 rings (SSSR count). The number of benzene rings is 1. The fraction of sp³-hybridized carbons (Fsp3) is 0.409. The highest BCUT2D eigenvalue weighted by molar-refractivity contribution is 5.88. The molecule has 0 aliphatic rings. The Kier molecular flexibility index (Phi) is 8.82. The third-order valence-corrected chi connectivity index (χ3v) is 5.00. The van der Waals surface area contributed by atoms with Gasteiger partial charge in [0.05, 0.1) is 18.6 Å². The van der Waals surface area contributed by atoms with Crippen LogP contribution in [-0.4, -0.2) is 42.7 Å². The molecule has 4 aromatic rings. The van der Waals surface area contributed by atoms with Crippen LogP contribution in [0.4, 0.5) is 0 Å². The predicted octanol–water partition coefficient (Wildman–Crippen LogP) is 3.42. The highest BCUT2D eigenvalue weighted by Crippen LogP contribution is 2.33. The van der Waals surface area contributed by atoms with E-state index in [2.05, 4.69) is 20.2 Å². The molecule has 11 heteroatoms. The maximum atomic E-state index is 11.9. The third kappa shape index (κ3) is 6.79. The molecular formula is C22H27ClN6O4. The standard InChI is InChI=1S/C22H26N6O4.ClH/c1-17-10-21(29)32-20-12-18(30-8-4-2-6-27-15-23-13-25-27)11-19(22(17)20)31-9-5-3-7-28-16-24-14-26-28;/h10-16H,2-9H2,1H3;1H. The van der Waals surface area contributed by atoms with Gasteiger partial charge in [0.1, 0.15) is 42.4 Å². The maximum Gasteiger partial charge on any atom is 0.336 e. The summed E-state index contributed by atoms with van der Waals surface area (Å²) in [4.78, 5) is 19.8. The number of ether oxygens (including phenoxy) is 2. The van der Waals surface area contributed by atoms with Gasteiger partial charge in [-0.15, -0.1) is 12.4 Å². The molecule has 0 bridgehead atoms. The molecule has 0 aliphatic carbocycles. The molecule has 0 atom stereocenters. The Labute approximate surface area is 197 Å². The number of halogens is 1. The molecule has 0 amide bonds. The topological polar surface area (TPSA) is 110 Å². The van der Waals surface area contributed by atoms with E-state index in [-0.39, 0.29) is 12.4 Å². The highest BCUT2D eigenvalue weighted by Gasteiger charge is 2.12. The fourth-order valence-electron chi connectivity index (χ4n) is 3.44. The van der Waals surface area contributed by atoms with Crippen LogP contribution in [0.1, 0.15) is 31.2 Å². The van der Waals surface area contributed by atoms with Gasteiger partial charge in [-0.3, -0.25) is 9.36 Å². The van der Waals surface area contributed by atoms with E-state index >= 15 is 0 Å². The van der Waals surface area contributed by atoms with Gasteiger partial charge >= 0.3 is 5.63 Å². The molecule has 1 aromatic carbocycles. The zero-order valence-corrected chi connectivity index (χ0v) is 19.2. The van der Waals surface area contributed by atoms with Gasteiger partial charge in [0.25, 0.3) is 0 Å². The fourth-order valence-corrected chi connectivity index (χ4v) is 3.44. The van der Waals surface area contributed by atoms with Gasteiger partial charge < -0.3 is 13.9 Å². The van der Waals surface area contributed by atoms with Crippen LogP contribution in [0.15, 0.2) is 52.7 Å². The number of hydrogen-bond donors (Lipinski definition) is 0. The molecule has 3 aromatic heterocycles. The first-order chi connectivity index (χ1) is 15.7. The molecule has 0 saturated carbocycles. The van der Waals surface area contributed by atoms with Crippen LogP contribution in [-0.2, 0) is 13.1 Å². The van der Waals surface area contributed by atoms with Crippen molar-refractivity contribution >= 4 is 23.4 Å². The van der Waals surface area contributed by atoms with Gasteiger partial charge in [0.2, 0.25) is 0 Å². The lowest BCUT2D eigenvalue weighted by atomic mass is 10.1. The van der Waals surface area contributed by atoms with Crippen molar-refractivity contribution in [2.75, 3.05) is 13.2 Å². The average molecular weight is 475 g/mol. The smallest absolute Gasteiger partial charge is 0.336 e. The molecule has 10 nitrogen and oxygen atoms in total. The zero-order chi connectivity index (χ0) is 22.2. The van der Waals surface area contributed by atoms with Crippen molar-refractivity contribution in [3.05, 3.63) is 59.5 Å². The Morgan fingerprint density at radius 2 is 1.52 bits per heavy atom. The van der Waals surface area contributed by atoms with Crippen LogP contribution >= 0.6 is 12.4 Å². The summed E-state index contributed by atoms with van der Waals surface area (Å²) in [5.41, 5.74) is 0.889. The van der Waals surface area contributed by atoms with E-state index in [1.165, 1.54) is 18.7 Å². The second kappa shape index (κ2) is 12.0. The first-order valence-electron chi connectivity index (χ1n) is 10.7. The second-order valence-electron chi connectivity index (χ2n) is 7.47. The molecule has 0 spiro atoms. The minimum atomic E-state index is -0.390. The van der Waals surface area contributed by atoms with Crippen molar-refractivity contribution in [1.82, 2.24) is 29.5 Å². The van der Waals surface area contributed by atoms with Crippen LogP contribution in [0.2, 0.25) is 0 Å². The molecule has 0 radical (unpaired) electrons. The SMILES string of the molecule is Cc1cc(=O)oc2cc(OCCCCn3cncn3)cc(OCCCCn3cncn3)c12.Cl. The second-order valence-corrected chi connectivity index (χ2v) is 7.47. The van der Waals surface area contributed by atoms with Crippen LogP contribution in [0.3, 0.4) is 0 Å².